The molecule has 0 aromatic carbocycles. The van der Waals surface area contributed by atoms with Crippen LogP contribution in [0.3, 0.4) is 0 Å². The van der Waals surface area contributed by atoms with Gasteiger partial charge in [-0.1, -0.05) is 71.6 Å². The molecule has 0 saturated carbocycles. The zero-order chi connectivity index (χ0) is 30.2. The number of imidazole rings is 1. The molecule has 0 radical (unpaired) electrons. The molecule has 1 rings (SSSR count). The van der Waals surface area contributed by atoms with E-state index in [2.05, 4.69) is 60.5 Å². The monoisotopic (exact) mass is 633 g/mol. The molecule has 0 N–H and O–H groups in total. The van der Waals surface area contributed by atoms with Gasteiger partial charge in [0.2, 0.25) is 6.33 Å². The fraction of sp³-hybridized carbons (Fsp3) is 0.870. The molecule has 1 aromatic heterocycles. The fourth-order valence-electron chi connectivity index (χ4n) is 3.37. The largest absolute Gasteiger partial charge is 0.480 e. The average molecular weight is 634 g/mol. The molecule has 0 aliphatic carbocycles. The molecule has 0 bridgehead atoms. The smallest absolute Gasteiger partial charge is 0.421 e. The first-order valence-electron chi connectivity index (χ1n) is 12.9. The van der Waals surface area contributed by atoms with Crippen molar-refractivity contribution in [1.82, 2.24) is 4.57 Å². The number of hydrogen-bond acceptors (Lipinski definition) is 5. The predicted octanol–water partition coefficient (Wildman–Crippen LogP) is 7.19. The third kappa shape index (κ3) is 17.4. The molecule has 0 amide bonds. The maximum atomic E-state index is 11.4. The lowest BCUT2D eigenvalue weighted by Gasteiger charge is -2.22. The SMILES string of the molecule is CCCCCCCCCCCCSC(C)CCCn1cc[n+](C)c1.O=S(=O)([N-]S(=O)(=O)C(F)(F)F)C(F)(F)F. The number of halogens is 6. The lowest BCUT2D eigenvalue weighted by atomic mass is 10.1. The van der Waals surface area contributed by atoms with Crippen molar-refractivity contribution in [3.63, 3.8) is 0 Å². The number of thioether (sulfide) groups is 1. The van der Waals surface area contributed by atoms with E-state index in [4.69, 9.17) is 0 Å². The average Bonchev–Trinajstić information content (AvgIpc) is 3.20. The highest BCUT2D eigenvalue weighted by Crippen LogP contribution is 2.36. The molecule has 39 heavy (non-hydrogen) atoms. The number of aryl methyl sites for hydroxylation is 2. The highest BCUT2D eigenvalue weighted by Gasteiger charge is 2.46. The Balaban J connectivity index is 0.000000830. The van der Waals surface area contributed by atoms with Crippen LogP contribution < -0.4 is 4.57 Å². The third-order valence-corrected chi connectivity index (χ3v) is 9.60. The van der Waals surface area contributed by atoms with Gasteiger partial charge in [0.25, 0.3) is 0 Å². The van der Waals surface area contributed by atoms with Gasteiger partial charge in [-0.2, -0.15) is 38.1 Å². The van der Waals surface area contributed by atoms with E-state index in [9.17, 15) is 43.2 Å². The third-order valence-electron chi connectivity index (χ3n) is 5.53. The van der Waals surface area contributed by atoms with E-state index in [-0.39, 0.29) is 0 Å². The lowest BCUT2D eigenvalue weighted by molar-refractivity contribution is -0.671. The molecule has 0 fully saturated rings. The molecule has 1 unspecified atom stereocenters. The molecule has 1 atom stereocenters. The number of nitrogens with zero attached hydrogens (tertiary/aromatic N) is 3. The molecule has 0 spiro atoms. The Bertz CT molecular complexity index is 955. The summed E-state index contributed by atoms with van der Waals surface area (Å²) in [6.07, 6.45) is 23.5. The normalized spacial score (nSPS) is 13.7. The number of rotatable bonds is 18. The lowest BCUT2D eigenvalue weighted by Crippen LogP contribution is -2.30. The molecule has 0 aliphatic rings. The molecular weight excluding hydrogens is 592 g/mol. The second-order valence-electron chi connectivity index (χ2n) is 9.24. The van der Waals surface area contributed by atoms with Gasteiger partial charge in [0.15, 0.2) is 20.0 Å². The Hall–Kier alpha value is -1.00. The van der Waals surface area contributed by atoms with E-state index in [0.29, 0.717) is 0 Å². The van der Waals surface area contributed by atoms with Crippen molar-refractivity contribution in [3.8, 4) is 0 Å². The number of hydrogen-bond donors (Lipinski definition) is 0. The number of aromatic nitrogens is 2. The van der Waals surface area contributed by atoms with Crippen molar-refractivity contribution in [1.29, 1.82) is 0 Å². The topological polar surface area (TPSA) is 91.2 Å². The zero-order valence-electron chi connectivity index (χ0n) is 22.7. The van der Waals surface area contributed by atoms with Gasteiger partial charge in [0.05, 0.1) is 13.6 Å². The fourth-order valence-corrected chi connectivity index (χ4v) is 6.18. The van der Waals surface area contributed by atoms with Crippen LogP contribution in [0.5, 0.6) is 0 Å². The first kappa shape index (κ1) is 38.0. The minimum Gasteiger partial charge on any atom is -0.421 e. The minimum atomic E-state index is -6.72. The highest BCUT2D eigenvalue weighted by molar-refractivity contribution is 8.13. The summed E-state index contributed by atoms with van der Waals surface area (Å²) in [6, 6.07) is 0. The molecule has 232 valence electrons. The Labute approximate surface area is 233 Å². The highest BCUT2D eigenvalue weighted by atomic mass is 32.3. The van der Waals surface area contributed by atoms with E-state index < -0.39 is 31.1 Å². The van der Waals surface area contributed by atoms with E-state index in [1.165, 1.54) is 82.8 Å². The molecule has 0 aliphatic heterocycles. The summed E-state index contributed by atoms with van der Waals surface area (Å²) in [7, 11) is -11.4. The number of sulfonamides is 2. The van der Waals surface area contributed by atoms with Crippen molar-refractivity contribution in [2.24, 2.45) is 7.05 Å². The van der Waals surface area contributed by atoms with E-state index >= 15 is 0 Å². The second kappa shape index (κ2) is 18.4. The molecular formula is C23H41F6N3O4S3. The summed E-state index contributed by atoms with van der Waals surface area (Å²) >= 11 is 2.18. The van der Waals surface area contributed by atoms with Crippen LogP contribution in [0.1, 0.15) is 90.9 Å². The van der Waals surface area contributed by atoms with E-state index in [1.807, 2.05) is 0 Å². The van der Waals surface area contributed by atoms with Crippen LogP contribution in [0.2, 0.25) is 0 Å². The Morgan fingerprint density at radius 3 is 1.69 bits per heavy atom. The van der Waals surface area contributed by atoms with Gasteiger partial charge in [0, 0.05) is 5.25 Å². The van der Waals surface area contributed by atoms with Crippen LogP contribution in [0.15, 0.2) is 18.7 Å². The minimum absolute atomic E-state index is 0.778. The predicted molar refractivity (Wildman–Crippen MR) is 142 cm³/mol. The van der Waals surface area contributed by atoms with Crippen LogP contribution in [-0.4, -0.2) is 43.4 Å². The zero-order valence-corrected chi connectivity index (χ0v) is 25.1. The van der Waals surface area contributed by atoms with Crippen molar-refractivity contribution in [3.05, 3.63) is 22.8 Å². The Kier molecular flexibility index (Phi) is 18.0. The van der Waals surface area contributed by atoms with Gasteiger partial charge in [-0.25, -0.2) is 26.0 Å². The molecule has 1 heterocycles. The van der Waals surface area contributed by atoms with Crippen LogP contribution >= 0.6 is 11.8 Å². The summed E-state index contributed by atoms with van der Waals surface area (Å²) in [4.78, 5) is 0. The van der Waals surface area contributed by atoms with Crippen molar-refractivity contribution >= 4 is 31.8 Å². The van der Waals surface area contributed by atoms with Crippen molar-refractivity contribution in [2.45, 2.75) is 114 Å². The Morgan fingerprint density at radius 2 is 1.28 bits per heavy atom. The summed E-state index contributed by atoms with van der Waals surface area (Å²) < 4.78 is 114. The Morgan fingerprint density at radius 1 is 0.821 bits per heavy atom. The maximum absolute atomic E-state index is 11.4. The van der Waals surface area contributed by atoms with Crippen LogP contribution in [0, 0.1) is 0 Å². The van der Waals surface area contributed by atoms with E-state index in [1.54, 1.807) is 0 Å². The van der Waals surface area contributed by atoms with Crippen LogP contribution in [-0.2, 0) is 33.6 Å². The standard InChI is InChI=1S/C21H41N2S.C2F6NO4S2/c1-4-5-6-7-8-9-10-11-12-13-19-24-21(2)15-14-16-23-18-17-22(3)20-23;3-1(4,5)14(10,11)9-15(12,13)2(6,7)8/h17-18,20-21H,4-16,19H2,1-3H3;/q+1;-1. The number of alkyl halides is 6. The number of unbranched alkanes of at least 4 members (excludes halogenated alkanes) is 9. The molecule has 1 aromatic rings. The van der Waals surface area contributed by atoms with Crippen LogP contribution in [0.25, 0.3) is 4.13 Å². The first-order chi connectivity index (χ1) is 17.9. The van der Waals surface area contributed by atoms with E-state index in [0.717, 1.165) is 15.9 Å². The van der Waals surface area contributed by atoms with Crippen LogP contribution in [0.4, 0.5) is 26.3 Å². The summed E-state index contributed by atoms with van der Waals surface area (Å²) in [5, 5.41) is 0.813. The summed E-state index contributed by atoms with van der Waals surface area (Å²) in [5.41, 5.74) is -12.4. The van der Waals surface area contributed by atoms with Crippen molar-refractivity contribution < 1.29 is 47.7 Å². The molecule has 7 nitrogen and oxygen atoms in total. The quantitative estimate of drug-likeness (QED) is 0.0969. The van der Waals surface area contributed by atoms with Gasteiger partial charge in [-0.05, 0) is 25.0 Å². The van der Waals surface area contributed by atoms with Gasteiger partial charge in [-0.3, -0.25) is 0 Å². The van der Waals surface area contributed by atoms with Gasteiger partial charge < -0.3 is 4.13 Å². The maximum Gasteiger partial charge on any atom is 0.480 e. The molecule has 0 saturated heterocycles. The van der Waals surface area contributed by atoms with Crippen molar-refractivity contribution in [2.75, 3.05) is 5.75 Å². The first-order valence-corrected chi connectivity index (χ1v) is 16.8. The van der Waals surface area contributed by atoms with Gasteiger partial charge in [0.1, 0.15) is 12.4 Å². The molecule has 16 heteroatoms. The summed E-state index contributed by atoms with van der Waals surface area (Å²) in [6.45, 7) is 5.85. The van der Waals surface area contributed by atoms with Gasteiger partial charge >= 0.3 is 11.0 Å². The summed E-state index contributed by atoms with van der Waals surface area (Å²) in [5.74, 6) is 1.36. The van der Waals surface area contributed by atoms with Gasteiger partial charge in [-0.15, -0.1) is 0 Å². The second-order valence-corrected chi connectivity index (χ2v) is 14.2.